The van der Waals surface area contributed by atoms with Crippen LogP contribution in [0.15, 0.2) is 29.3 Å². The van der Waals surface area contributed by atoms with E-state index in [4.69, 9.17) is 9.47 Å². The Hall–Kier alpha value is -1.84. The zero-order chi connectivity index (χ0) is 14.3. The molecule has 4 nitrogen and oxygen atoms in total. The summed E-state index contributed by atoms with van der Waals surface area (Å²) < 4.78 is 9.85. The van der Waals surface area contributed by atoms with Gasteiger partial charge in [-0.2, -0.15) is 0 Å². The highest BCUT2D eigenvalue weighted by molar-refractivity contribution is 5.84. The van der Waals surface area contributed by atoms with Gasteiger partial charge >= 0.3 is 5.97 Å². The summed E-state index contributed by atoms with van der Waals surface area (Å²) in [5, 5.41) is 0. The normalized spacial score (nSPS) is 12.7. The molecule has 1 atom stereocenters. The van der Waals surface area contributed by atoms with Crippen LogP contribution < -0.4 is 4.74 Å². The molecule has 0 radical (unpaired) electrons. The zero-order valence-electron chi connectivity index (χ0n) is 11.9. The first-order valence-corrected chi connectivity index (χ1v) is 6.32. The van der Waals surface area contributed by atoms with Crippen LogP contribution in [0.4, 0.5) is 0 Å². The molecular weight excluding hydrogens is 242 g/mol. The minimum Gasteiger partial charge on any atom is -0.497 e. The van der Waals surface area contributed by atoms with E-state index in [2.05, 4.69) is 18.8 Å². The number of methoxy groups -OCH3 is 2. The van der Waals surface area contributed by atoms with Gasteiger partial charge in [0.15, 0.2) is 0 Å². The van der Waals surface area contributed by atoms with Crippen LogP contribution in [0.1, 0.15) is 25.8 Å². The maximum Gasteiger partial charge on any atom is 0.330 e. The lowest BCUT2D eigenvalue weighted by Gasteiger charge is -2.12. The third kappa shape index (κ3) is 5.12. The molecule has 1 rings (SSSR count). The Morgan fingerprint density at radius 1 is 1.26 bits per heavy atom. The SMILES string of the molecule is COC(=O)[C@H](CC(C)C)N=Cc1ccc(OC)cc1. The van der Waals surface area contributed by atoms with Crippen LogP contribution in [-0.2, 0) is 9.53 Å². The number of carbonyl (C=O) groups is 1. The lowest BCUT2D eigenvalue weighted by molar-refractivity contribution is -0.142. The molecule has 0 saturated carbocycles. The Labute approximate surface area is 114 Å². The average Bonchev–Trinajstić information content (AvgIpc) is 2.42. The minimum atomic E-state index is -0.438. The predicted molar refractivity (Wildman–Crippen MR) is 75.8 cm³/mol. The highest BCUT2D eigenvalue weighted by atomic mass is 16.5. The van der Waals surface area contributed by atoms with Crippen molar-refractivity contribution in [3.63, 3.8) is 0 Å². The Balaban J connectivity index is 2.75. The second kappa shape index (κ2) is 7.56. The maximum absolute atomic E-state index is 11.6. The molecule has 0 aromatic heterocycles. The summed E-state index contributed by atoms with van der Waals surface area (Å²) in [6.07, 6.45) is 2.38. The molecule has 1 aromatic carbocycles. The van der Waals surface area contributed by atoms with Gasteiger partial charge in [-0.25, -0.2) is 4.79 Å². The topological polar surface area (TPSA) is 47.9 Å². The molecule has 0 amide bonds. The van der Waals surface area contributed by atoms with Crippen LogP contribution in [0.25, 0.3) is 0 Å². The van der Waals surface area contributed by atoms with Gasteiger partial charge in [0, 0.05) is 6.21 Å². The first kappa shape index (κ1) is 15.2. The fraction of sp³-hybridized carbons (Fsp3) is 0.467. The first-order chi connectivity index (χ1) is 9.06. The molecule has 0 N–H and O–H groups in total. The van der Waals surface area contributed by atoms with Crippen LogP contribution in [-0.4, -0.2) is 32.4 Å². The van der Waals surface area contributed by atoms with Crippen molar-refractivity contribution in [1.29, 1.82) is 0 Å². The van der Waals surface area contributed by atoms with Gasteiger partial charge < -0.3 is 9.47 Å². The van der Waals surface area contributed by atoms with E-state index >= 15 is 0 Å². The molecule has 0 aliphatic carbocycles. The Bertz CT molecular complexity index is 424. The van der Waals surface area contributed by atoms with Crippen molar-refractivity contribution in [2.75, 3.05) is 14.2 Å². The van der Waals surface area contributed by atoms with E-state index in [0.717, 1.165) is 11.3 Å². The van der Waals surface area contributed by atoms with Crippen molar-refractivity contribution in [3.05, 3.63) is 29.8 Å². The van der Waals surface area contributed by atoms with Crippen LogP contribution in [0.2, 0.25) is 0 Å². The molecular formula is C15H21NO3. The second-order valence-electron chi connectivity index (χ2n) is 4.72. The summed E-state index contributed by atoms with van der Waals surface area (Å²) in [7, 11) is 3.01. The minimum absolute atomic E-state index is 0.293. The Morgan fingerprint density at radius 2 is 1.89 bits per heavy atom. The van der Waals surface area contributed by atoms with E-state index in [1.165, 1.54) is 7.11 Å². The van der Waals surface area contributed by atoms with Crippen molar-refractivity contribution in [1.82, 2.24) is 0 Å². The van der Waals surface area contributed by atoms with E-state index in [1.54, 1.807) is 13.3 Å². The van der Waals surface area contributed by atoms with Gasteiger partial charge in [-0.15, -0.1) is 0 Å². The number of aliphatic imine (C=N–C) groups is 1. The lowest BCUT2D eigenvalue weighted by atomic mass is 10.0. The number of benzene rings is 1. The zero-order valence-corrected chi connectivity index (χ0v) is 11.9. The summed E-state index contributed by atoms with van der Waals surface area (Å²) in [4.78, 5) is 15.9. The summed E-state index contributed by atoms with van der Waals surface area (Å²) in [5.74, 6) is 0.888. The lowest BCUT2D eigenvalue weighted by Crippen LogP contribution is -2.22. The smallest absolute Gasteiger partial charge is 0.330 e. The highest BCUT2D eigenvalue weighted by Gasteiger charge is 2.18. The molecule has 0 aliphatic rings. The van der Waals surface area contributed by atoms with Gasteiger partial charge in [0.05, 0.1) is 14.2 Å². The molecule has 0 spiro atoms. The Morgan fingerprint density at radius 3 is 2.37 bits per heavy atom. The van der Waals surface area contributed by atoms with Gasteiger partial charge in [0.25, 0.3) is 0 Å². The molecule has 104 valence electrons. The van der Waals surface area contributed by atoms with Gasteiger partial charge in [-0.3, -0.25) is 4.99 Å². The summed E-state index contributed by atoms with van der Waals surface area (Å²) >= 11 is 0. The van der Waals surface area contributed by atoms with Crippen LogP contribution in [0, 0.1) is 5.92 Å². The molecule has 19 heavy (non-hydrogen) atoms. The molecule has 0 fully saturated rings. The third-order valence-corrected chi connectivity index (χ3v) is 2.69. The van der Waals surface area contributed by atoms with Crippen molar-refractivity contribution >= 4 is 12.2 Å². The Kier molecular flexibility index (Phi) is 6.06. The number of hydrogen-bond donors (Lipinski definition) is 0. The monoisotopic (exact) mass is 263 g/mol. The summed E-state index contributed by atoms with van der Waals surface area (Å²) in [6, 6.07) is 7.07. The standard InChI is InChI=1S/C15H21NO3/c1-11(2)9-14(15(17)19-4)16-10-12-5-7-13(18-3)8-6-12/h5-8,10-11,14H,9H2,1-4H3/t14-/m0/s1. The molecule has 4 heteroatoms. The number of nitrogens with zero attached hydrogens (tertiary/aromatic N) is 1. The molecule has 0 bridgehead atoms. The third-order valence-electron chi connectivity index (χ3n) is 2.69. The first-order valence-electron chi connectivity index (χ1n) is 6.32. The number of hydrogen-bond acceptors (Lipinski definition) is 4. The van der Waals surface area contributed by atoms with E-state index in [9.17, 15) is 4.79 Å². The summed E-state index contributed by atoms with van der Waals surface area (Å²) in [6.45, 7) is 4.11. The van der Waals surface area contributed by atoms with E-state index in [-0.39, 0.29) is 5.97 Å². The van der Waals surface area contributed by atoms with E-state index < -0.39 is 6.04 Å². The molecule has 0 heterocycles. The second-order valence-corrected chi connectivity index (χ2v) is 4.72. The number of ether oxygens (including phenoxy) is 2. The highest BCUT2D eigenvalue weighted by Crippen LogP contribution is 2.12. The fourth-order valence-corrected chi connectivity index (χ4v) is 1.67. The number of rotatable bonds is 6. The van der Waals surface area contributed by atoms with Gasteiger partial charge in [0.1, 0.15) is 11.8 Å². The quantitative estimate of drug-likeness (QED) is 0.585. The summed E-state index contributed by atoms with van der Waals surface area (Å²) in [5.41, 5.74) is 0.929. The van der Waals surface area contributed by atoms with Crippen molar-refractivity contribution in [2.45, 2.75) is 26.3 Å². The maximum atomic E-state index is 11.6. The predicted octanol–water partition coefficient (Wildman–Crippen LogP) is 2.70. The molecule has 0 saturated heterocycles. The van der Waals surface area contributed by atoms with Crippen LogP contribution >= 0.6 is 0 Å². The van der Waals surface area contributed by atoms with Gasteiger partial charge in [-0.05, 0) is 42.2 Å². The molecule has 1 aromatic rings. The average molecular weight is 263 g/mol. The van der Waals surface area contributed by atoms with Crippen molar-refractivity contribution in [2.24, 2.45) is 10.9 Å². The molecule has 0 unspecified atom stereocenters. The van der Waals surface area contributed by atoms with Gasteiger partial charge in [-0.1, -0.05) is 13.8 Å². The van der Waals surface area contributed by atoms with Crippen molar-refractivity contribution in [3.8, 4) is 5.75 Å². The van der Waals surface area contributed by atoms with E-state index in [0.29, 0.717) is 12.3 Å². The van der Waals surface area contributed by atoms with Crippen LogP contribution in [0.5, 0.6) is 5.75 Å². The van der Waals surface area contributed by atoms with Crippen molar-refractivity contribution < 1.29 is 14.3 Å². The van der Waals surface area contributed by atoms with E-state index in [1.807, 2.05) is 24.3 Å². The van der Waals surface area contributed by atoms with Crippen LogP contribution in [0.3, 0.4) is 0 Å². The van der Waals surface area contributed by atoms with Gasteiger partial charge in [0.2, 0.25) is 0 Å². The number of esters is 1. The fourth-order valence-electron chi connectivity index (χ4n) is 1.67. The molecule has 0 aliphatic heterocycles. The number of carbonyl (C=O) groups excluding carboxylic acids is 1. The largest absolute Gasteiger partial charge is 0.497 e.